The highest BCUT2D eigenvalue weighted by atomic mass is 16.6. The van der Waals surface area contributed by atoms with Crippen LogP contribution >= 0.6 is 0 Å². The number of carbonyl (C=O) groups is 1. The van der Waals surface area contributed by atoms with Crippen molar-refractivity contribution in [2.24, 2.45) is 0 Å². The molecular weight excluding hydrogens is 374 g/mol. The smallest absolute Gasteiger partial charge is 0.286 e. The highest BCUT2D eigenvalue weighted by Gasteiger charge is 2.25. The first-order chi connectivity index (χ1) is 13.8. The Labute approximate surface area is 170 Å². The molecule has 0 aliphatic heterocycles. The van der Waals surface area contributed by atoms with Gasteiger partial charge in [-0.15, -0.1) is 0 Å². The molecule has 0 aromatic heterocycles. The Kier molecular flexibility index (Phi) is 7.41. The van der Waals surface area contributed by atoms with Crippen LogP contribution in [-0.4, -0.2) is 37.1 Å². The van der Waals surface area contributed by atoms with E-state index in [-0.39, 0.29) is 22.7 Å². The average molecular weight is 401 g/mol. The van der Waals surface area contributed by atoms with Crippen molar-refractivity contribution in [3.8, 4) is 11.5 Å². The molecular formula is C21H27N3O5. The molecule has 0 saturated carbocycles. The van der Waals surface area contributed by atoms with Crippen molar-refractivity contribution in [1.29, 1.82) is 0 Å². The molecule has 8 nitrogen and oxygen atoms in total. The summed E-state index contributed by atoms with van der Waals surface area (Å²) < 4.78 is 10.6. The number of hydrogen-bond acceptors (Lipinski definition) is 6. The quantitative estimate of drug-likeness (QED) is 0.491. The summed E-state index contributed by atoms with van der Waals surface area (Å²) in [6.07, 6.45) is 0. The van der Waals surface area contributed by atoms with Gasteiger partial charge in [0.25, 0.3) is 11.6 Å². The predicted octanol–water partition coefficient (Wildman–Crippen LogP) is 4.49. The van der Waals surface area contributed by atoms with Crippen LogP contribution < -0.4 is 19.7 Å². The number of carbonyl (C=O) groups excluding carboxylic acids is 1. The monoisotopic (exact) mass is 401 g/mol. The van der Waals surface area contributed by atoms with Gasteiger partial charge < -0.3 is 19.7 Å². The zero-order valence-corrected chi connectivity index (χ0v) is 17.4. The molecule has 8 heteroatoms. The number of rotatable bonds is 9. The topological polar surface area (TPSA) is 93.9 Å². The predicted molar refractivity (Wildman–Crippen MR) is 113 cm³/mol. The first-order valence-corrected chi connectivity index (χ1v) is 9.49. The third-order valence-electron chi connectivity index (χ3n) is 4.44. The van der Waals surface area contributed by atoms with Crippen molar-refractivity contribution in [3.05, 3.63) is 52.1 Å². The van der Waals surface area contributed by atoms with E-state index in [1.165, 1.54) is 19.2 Å². The van der Waals surface area contributed by atoms with Gasteiger partial charge in [-0.3, -0.25) is 14.9 Å². The number of ether oxygens (including phenoxy) is 2. The highest BCUT2D eigenvalue weighted by Crippen LogP contribution is 2.35. The number of amides is 1. The maximum Gasteiger partial charge on any atom is 0.286 e. The number of methoxy groups -OCH3 is 1. The van der Waals surface area contributed by atoms with Gasteiger partial charge in [0, 0.05) is 30.0 Å². The second-order valence-electron chi connectivity index (χ2n) is 6.59. The third kappa shape index (κ3) is 5.16. The number of nitrogens with one attached hydrogen (secondary N) is 1. The van der Waals surface area contributed by atoms with Crippen LogP contribution in [0.25, 0.3) is 0 Å². The Hall–Kier alpha value is -3.29. The van der Waals surface area contributed by atoms with E-state index in [1.807, 2.05) is 12.1 Å². The van der Waals surface area contributed by atoms with Gasteiger partial charge in [0.05, 0.1) is 24.7 Å². The van der Waals surface area contributed by atoms with E-state index >= 15 is 0 Å². The van der Waals surface area contributed by atoms with E-state index in [4.69, 9.17) is 9.47 Å². The van der Waals surface area contributed by atoms with Crippen LogP contribution in [-0.2, 0) is 0 Å². The second kappa shape index (κ2) is 9.77. The van der Waals surface area contributed by atoms with E-state index in [0.717, 1.165) is 12.2 Å². The number of benzene rings is 2. The minimum absolute atomic E-state index is 0.0966. The summed E-state index contributed by atoms with van der Waals surface area (Å²) in [5, 5.41) is 14.2. The van der Waals surface area contributed by atoms with Crippen LogP contribution in [0.1, 0.15) is 38.1 Å². The molecule has 0 unspecified atom stereocenters. The number of nitrogens with zero attached hydrogens (tertiary/aromatic N) is 2. The number of hydrogen-bond donors (Lipinski definition) is 1. The fraction of sp³-hybridized carbons (Fsp3) is 0.381. The van der Waals surface area contributed by atoms with E-state index in [0.29, 0.717) is 18.3 Å². The van der Waals surface area contributed by atoms with Crippen LogP contribution in [0.15, 0.2) is 36.4 Å². The van der Waals surface area contributed by atoms with Crippen molar-refractivity contribution in [3.63, 3.8) is 0 Å². The lowest BCUT2D eigenvalue weighted by molar-refractivity contribution is -0.385. The third-order valence-corrected chi connectivity index (χ3v) is 4.44. The summed E-state index contributed by atoms with van der Waals surface area (Å²) in [5.41, 5.74) is 1.13. The second-order valence-corrected chi connectivity index (χ2v) is 6.59. The van der Waals surface area contributed by atoms with Crippen molar-refractivity contribution in [2.45, 2.75) is 33.7 Å². The lowest BCUT2D eigenvalue weighted by Gasteiger charge is -2.27. The summed E-state index contributed by atoms with van der Waals surface area (Å²) in [5.74, 6) is -0.117. The largest absolute Gasteiger partial charge is 0.493 e. The molecule has 0 spiro atoms. The minimum atomic E-state index is -0.613. The van der Waals surface area contributed by atoms with E-state index in [2.05, 4.69) is 31.0 Å². The molecule has 0 atom stereocenters. The Morgan fingerprint density at radius 2 is 1.83 bits per heavy atom. The fourth-order valence-electron chi connectivity index (χ4n) is 3.09. The van der Waals surface area contributed by atoms with E-state index in [9.17, 15) is 14.9 Å². The SMILES string of the molecule is CCOc1cc(C(=O)Nc2ccc(N(CC)C(C)C)cc2)c([N+](=O)[O-])cc1OC. The van der Waals surface area contributed by atoms with Crippen LogP contribution in [0, 0.1) is 10.1 Å². The Balaban J connectivity index is 2.32. The van der Waals surface area contributed by atoms with E-state index in [1.54, 1.807) is 19.1 Å². The molecule has 1 amide bonds. The molecule has 0 aliphatic carbocycles. The maximum absolute atomic E-state index is 12.8. The average Bonchev–Trinajstić information content (AvgIpc) is 2.69. The molecule has 0 heterocycles. The fourth-order valence-corrected chi connectivity index (χ4v) is 3.09. The standard InChI is InChI=1S/C21H27N3O5/c1-6-23(14(3)4)16-10-8-15(9-11-16)22-21(25)17-12-20(29-7-2)19(28-5)13-18(17)24(26)27/h8-14H,6-7H2,1-5H3,(H,22,25). The van der Waals surface area contributed by atoms with Crippen molar-refractivity contribution < 1.29 is 19.2 Å². The summed E-state index contributed by atoms with van der Waals surface area (Å²) >= 11 is 0. The van der Waals surface area contributed by atoms with Gasteiger partial charge in [0.1, 0.15) is 5.56 Å². The molecule has 2 aromatic rings. The molecule has 0 aliphatic rings. The van der Waals surface area contributed by atoms with Crippen molar-refractivity contribution in [1.82, 2.24) is 0 Å². The number of nitro benzene ring substituents is 1. The van der Waals surface area contributed by atoms with Gasteiger partial charge in [0.2, 0.25) is 0 Å². The Bertz CT molecular complexity index is 865. The van der Waals surface area contributed by atoms with Gasteiger partial charge in [0.15, 0.2) is 11.5 Å². The zero-order valence-electron chi connectivity index (χ0n) is 17.4. The van der Waals surface area contributed by atoms with Crippen molar-refractivity contribution >= 4 is 23.0 Å². The van der Waals surface area contributed by atoms with Crippen LogP contribution in [0.5, 0.6) is 11.5 Å². The van der Waals surface area contributed by atoms with Crippen LogP contribution in [0.4, 0.5) is 17.1 Å². The molecule has 2 aromatic carbocycles. The first kappa shape index (κ1) is 22.0. The van der Waals surface area contributed by atoms with Crippen LogP contribution in [0.2, 0.25) is 0 Å². The molecule has 0 saturated heterocycles. The van der Waals surface area contributed by atoms with Crippen LogP contribution in [0.3, 0.4) is 0 Å². The molecule has 29 heavy (non-hydrogen) atoms. The normalized spacial score (nSPS) is 10.6. The molecule has 156 valence electrons. The summed E-state index contributed by atoms with van der Waals surface area (Å²) in [6, 6.07) is 10.3. The van der Waals surface area contributed by atoms with Crippen molar-refractivity contribution in [2.75, 3.05) is 30.5 Å². The lowest BCUT2D eigenvalue weighted by Crippen LogP contribution is -2.30. The molecule has 0 bridgehead atoms. The molecule has 0 radical (unpaired) electrons. The Morgan fingerprint density at radius 3 is 2.31 bits per heavy atom. The number of nitro groups is 1. The van der Waals surface area contributed by atoms with Gasteiger partial charge in [-0.1, -0.05) is 0 Å². The van der Waals surface area contributed by atoms with E-state index < -0.39 is 10.8 Å². The van der Waals surface area contributed by atoms with Gasteiger partial charge >= 0.3 is 0 Å². The first-order valence-electron chi connectivity index (χ1n) is 9.49. The van der Waals surface area contributed by atoms with Gasteiger partial charge in [-0.25, -0.2) is 0 Å². The summed E-state index contributed by atoms with van der Waals surface area (Å²) in [7, 11) is 1.39. The van der Waals surface area contributed by atoms with Gasteiger partial charge in [-0.05, 0) is 52.0 Å². The Morgan fingerprint density at radius 1 is 1.17 bits per heavy atom. The maximum atomic E-state index is 12.8. The summed E-state index contributed by atoms with van der Waals surface area (Å²) in [4.78, 5) is 25.8. The zero-order chi connectivity index (χ0) is 21.6. The number of anilines is 2. The molecule has 1 N–H and O–H groups in total. The molecule has 2 rings (SSSR count). The molecule has 0 fully saturated rings. The summed E-state index contributed by atoms with van der Waals surface area (Å²) in [6.45, 7) is 9.27. The van der Waals surface area contributed by atoms with Gasteiger partial charge in [-0.2, -0.15) is 0 Å². The lowest BCUT2D eigenvalue weighted by atomic mass is 10.1. The minimum Gasteiger partial charge on any atom is -0.493 e. The highest BCUT2D eigenvalue weighted by molar-refractivity contribution is 6.07.